The third-order valence-electron chi connectivity index (χ3n) is 4.00. The van der Waals surface area contributed by atoms with Gasteiger partial charge in [0.05, 0.1) is 17.8 Å². The van der Waals surface area contributed by atoms with E-state index < -0.39 is 10.5 Å². The van der Waals surface area contributed by atoms with Crippen LogP contribution in [0.2, 0.25) is 5.02 Å². The number of β-amino-alcohol motifs (C(OH)–C–C–N with tert-alkyl or cyclic N) is 1. The fourth-order valence-electron chi connectivity index (χ4n) is 2.60. The summed E-state index contributed by atoms with van der Waals surface area (Å²) in [5.74, 6) is 0. The van der Waals surface area contributed by atoms with Crippen LogP contribution >= 0.6 is 23.2 Å². The van der Waals surface area contributed by atoms with Gasteiger partial charge in [-0.3, -0.25) is 4.99 Å². The van der Waals surface area contributed by atoms with E-state index >= 15 is 0 Å². The van der Waals surface area contributed by atoms with Gasteiger partial charge in [-0.1, -0.05) is 29.8 Å². The lowest BCUT2D eigenvalue weighted by Crippen LogP contribution is -2.54. The van der Waals surface area contributed by atoms with Gasteiger partial charge in [0.25, 0.3) is 0 Å². The minimum atomic E-state index is -1.03. The first kappa shape index (κ1) is 14.1. The molecule has 2 aliphatic rings. The number of hydrazine groups is 1. The van der Waals surface area contributed by atoms with E-state index in [0.717, 1.165) is 18.4 Å². The van der Waals surface area contributed by atoms with Crippen LogP contribution in [0.1, 0.15) is 18.4 Å². The molecule has 0 bridgehead atoms. The monoisotopic (exact) mass is 313 g/mol. The van der Waals surface area contributed by atoms with Gasteiger partial charge in [0.2, 0.25) is 0 Å². The van der Waals surface area contributed by atoms with Crippen molar-refractivity contribution >= 4 is 29.5 Å². The number of hydrogen-bond acceptors (Lipinski definition) is 4. The molecule has 108 valence electrons. The van der Waals surface area contributed by atoms with Crippen molar-refractivity contribution in [2.45, 2.75) is 29.7 Å². The highest BCUT2D eigenvalue weighted by molar-refractivity contribution is 6.31. The number of rotatable bonds is 5. The first-order valence-corrected chi connectivity index (χ1v) is 7.42. The number of nitrogens with zero attached hydrogens (tertiary/aromatic N) is 2. The summed E-state index contributed by atoms with van der Waals surface area (Å²) >= 11 is 12.8. The molecule has 0 unspecified atom stereocenters. The largest absolute Gasteiger partial charge is 0.386 e. The average molecular weight is 314 g/mol. The van der Waals surface area contributed by atoms with Crippen molar-refractivity contribution in [1.29, 1.82) is 0 Å². The molecule has 0 saturated heterocycles. The SMILES string of the molecule is O[C@](Cc1ccccc1Cl)(CN1CN=CN1)C1(Cl)CC1. The molecule has 0 spiro atoms. The first-order valence-electron chi connectivity index (χ1n) is 6.67. The summed E-state index contributed by atoms with van der Waals surface area (Å²) in [6.07, 6.45) is 3.71. The molecule has 20 heavy (non-hydrogen) atoms. The second kappa shape index (κ2) is 5.19. The highest BCUT2D eigenvalue weighted by Gasteiger charge is 2.58. The molecular formula is C14H17Cl2N3O. The molecule has 0 aromatic heterocycles. The Bertz CT molecular complexity index is 525. The molecule has 1 heterocycles. The summed E-state index contributed by atoms with van der Waals surface area (Å²) < 4.78 is 0. The van der Waals surface area contributed by atoms with E-state index in [9.17, 15) is 5.11 Å². The molecule has 1 aromatic rings. The third-order valence-corrected chi connectivity index (χ3v) is 5.10. The van der Waals surface area contributed by atoms with Crippen molar-refractivity contribution in [2.24, 2.45) is 4.99 Å². The van der Waals surface area contributed by atoms with Crippen molar-refractivity contribution in [3.8, 4) is 0 Å². The molecule has 3 rings (SSSR count). The Hall–Kier alpha value is -0.810. The first-order chi connectivity index (χ1) is 9.52. The molecular weight excluding hydrogens is 297 g/mol. The van der Waals surface area contributed by atoms with Gasteiger partial charge in [-0.05, 0) is 24.5 Å². The summed E-state index contributed by atoms with van der Waals surface area (Å²) in [6.45, 7) is 0.944. The number of alkyl halides is 1. The van der Waals surface area contributed by atoms with Crippen molar-refractivity contribution in [1.82, 2.24) is 10.4 Å². The molecule has 4 nitrogen and oxygen atoms in total. The van der Waals surface area contributed by atoms with Crippen LogP contribution in [0.15, 0.2) is 29.3 Å². The third kappa shape index (κ3) is 2.66. The summed E-state index contributed by atoms with van der Waals surface area (Å²) in [4.78, 5) is 3.53. The van der Waals surface area contributed by atoms with Crippen LogP contribution < -0.4 is 5.43 Å². The molecule has 1 aromatic carbocycles. The van der Waals surface area contributed by atoms with Crippen LogP contribution in [0.25, 0.3) is 0 Å². The lowest BCUT2D eigenvalue weighted by Gasteiger charge is -2.36. The van der Waals surface area contributed by atoms with Crippen molar-refractivity contribution < 1.29 is 5.11 Å². The summed E-state index contributed by atoms with van der Waals surface area (Å²) in [7, 11) is 0. The Balaban J connectivity index is 1.81. The number of aliphatic hydroxyl groups is 1. The molecule has 6 heteroatoms. The Labute approximate surface area is 128 Å². The maximum atomic E-state index is 11.1. The Kier molecular flexibility index (Phi) is 3.67. The highest BCUT2D eigenvalue weighted by atomic mass is 35.5. The van der Waals surface area contributed by atoms with Gasteiger partial charge in [0.15, 0.2) is 0 Å². The van der Waals surface area contributed by atoms with E-state index in [4.69, 9.17) is 23.2 Å². The van der Waals surface area contributed by atoms with E-state index in [0.29, 0.717) is 24.7 Å². The minimum absolute atomic E-state index is 0.418. The summed E-state index contributed by atoms with van der Waals surface area (Å²) in [5, 5.41) is 13.6. The van der Waals surface area contributed by atoms with Crippen LogP contribution in [-0.2, 0) is 6.42 Å². The van der Waals surface area contributed by atoms with Crippen molar-refractivity contribution in [3.05, 3.63) is 34.9 Å². The van der Waals surface area contributed by atoms with Gasteiger partial charge >= 0.3 is 0 Å². The predicted octanol–water partition coefficient (Wildman–Crippen LogP) is 2.19. The molecule has 2 N–H and O–H groups in total. The molecule has 1 saturated carbocycles. The van der Waals surface area contributed by atoms with Crippen molar-refractivity contribution in [2.75, 3.05) is 13.2 Å². The molecule has 0 radical (unpaired) electrons. The predicted molar refractivity (Wildman–Crippen MR) is 81.1 cm³/mol. The maximum absolute atomic E-state index is 11.1. The lowest BCUT2D eigenvalue weighted by atomic mass is 9.88. The summed E-state index contributed by atoms with van der Waals surface area (Å²) in [6, 6.07) is 7.58. The van der Waals surface area contributed by atoms with Gasteiger partial charge < -0.3 is 10.5 Å². The zero-order chi connectivity index (χ0) is 14.2. The van der Waals surface area contributed by atoms with E-state index in [1.165, 1.54) is 0 Å². The zero-order valence-corrected chi connectivity index (χ0v) is 12.5. The average Bonchev–Trinajstić information content (AvgIpc) is 2.98. The van der Waals surface area contributed by atoms with Crippen LogP contribution in [0.3, 0.4) is 0 Å². The van der Waals surface area contributed by atoms with E-state index in [1.807, 2.05) is 29.3 Å². The normalized spacial score (nSPS) is 23.4. The van der Waals surface area contributed by atoms with E-state index in [1.54, 1.807) is 6.34 Å². The number of halogens is 2. The molecule has 1 aliphatic carbocycles. The van der Waals surface area contributed by atoms with Crippen LogP contribution in [-0.4, -0.2) is 40.1 Å². The summed E-state index contributed by atoms with van der Waals surface area (Å²) in [5.41, 5.74) is 2.90. The van der Waals surface area contributed by atoms with Gasteiger partial charge in [-0.25, -0.2) is 0 Å². The number of aliphatic imine (C=N–C) groups is 1. The maximum Gasteiger partial charge on any atom is 0.110 e. The van der Waals surface area contributed by atoms with Crippen molar-refractivity contribution in [3.63, 3.8) is 0 Å². The van der Waals surface area contributed by atoms with E-state index in [2.05, 4.69) is 10.4 Å². The quantitative estimate of drug-likeness (QED) is 0.819. The van der Waals surface area contributed by atoms with Crippen LogP contribution in [0.5, 0.6) is 0 Å². The lowest BCUT2D eigenvalue weighted by molar-refractivity contribution is -0.0104. The number of nitrogens with one attached hydrogen (secondary N) is 1. The van der Waals surface area contributed by atoms with Gasteiger partial charge in [0, 0.05) is 11.4 Å². The van der Waals surface area contributed by atoms with Gasteiger partial charge in [-0.2, -0.15) is 5.01 Å². The minimum Gasteiger partial charge on any atom is -0.386 e. The smallest absolute Gasteiger partial charge is 0.110 e. The molecule has 1 aliphatic heterocycles. The fourth-order valence-corrected chi connectivity index (χ4v) is 3.03. The standard InChI is InChI=1S/C14H17Cl2N3O/c15-12-4-2-1-3-11(12)7-14(20,13(16)5-6-13)8-19-10-17-9-18-19/h1-4,9,20H,5-8,10H2,(H,17,18)/t14-/m1/s1. The number of hydrogen-bond donors (Lipinski definition) is 2. The van der Waals surface area contributed by atoms with Gasteiger partial charge in [0.1, 0.15) is 12.3 Å². The molecule has 1 fully saturated rings. The zero-order valence-electron chi connectivity index (χ0n) is 11.0. The second-order valence-corrected chi connectivity index (χ2v) is 6.68. The number of benzene rings is 1. The fraction of sp³-hybridized carbons (Fsp3) is 0.500. The topological polar surface area (TPSA) is 47.9 Å². The Morgan fingerprint density at radius 3 is 2.75 bits per heavy atom. The van der Waals surface area contributed by atoms with Crippen LogP contribution in [0.4, 0.5) is 0 Å². The van der Waals surface area contributed by atoms with E-state index in [-0.39, 0.29) is 0 Å². The second-order valence-electron chi connectivity index (χ2n) is 5.55. The Morgan fingerprint density at radius 2 is 2.15 bits per heavy atom. The molecule has 0 amide bonds. The van der Waals surface area contributed by atoms with Gasteiger partial charge in [-0.15, -0.1) is 11.6 Å². The highest BCUT2D eigenvalue weighted by Crippen LogP contribution is 2.52. The Morgan fingerprint density at radius 1 is 1.40 bits per heavy atom. The van der Waals surface area contributed by atoms with Crippen LogP contribution in [0, 0.1) is 0 Å². The molecule has 1 atom stereocenters.